The fraction of sp³-hybridized carbons (Fsp3) is 0.0833. The molecule has 0 fully saturated rings. The molecule has 1 aliphatic rings. The molecule has 0 atom stereocenters. The van der Waals surface area contributed by atoms with Gasteiger partial charge in [-0.05, 0) is 34.4 Å². The fourth-order valence-corrected chi connectivity index (χ4v) is 6.19. The van der Waals surface area contributed by atoms with Gasteiger partial charge in [-0.3, -0.25) is 0 Å². The van der Waals surface area contributed by atoms with E-state index in [1.165, 1.54) is 22.3 Å². The van der Waals surface area contributed by atoms with Gasteiger partial charge in [-0.1, -0.05) is 117 Å². The molecule has 8 rings (SSSR count). The number of para-hydroxylation sites is 1. The van der Waals surface area contributed by atoms with Crippen molar-refractivity contribution in [2.75, 3.05) is 0 Å². The predicted octanol–water partition coefficient (Wildman–Crippen LogP) is 9.08. The Balaban J connectivity index is 1.41. The van der Waals surface area contributed by atoms with E-state index >= 15 is 0 Å². The molecule has 0 amide bonds. The molecule has 0 aliphatic heterocycles. The lowest BCUT2D eigenvalue weighted by Gasteiger charge is -2.21. The van der Waals surface area contributed by atoms with Crippen molar-refractivity contribution in [1.29, 1.82) is 0 Å². The van der Waals surface area contributed by atoms with Gasteiger partial charge in [0.2, 0.25) is 0 Å². The van der Waals surface area contributed by atoms with Gasteiger partial charge in [0.15, 0.2) is 17.5 Å². The summed E-state index contributed by atoms with van der Waals surface area (Å²) in [6.45, 7) is 4.61. The Morgan fingerprint density at radius 3 is 1.82 bits per heavy atom. The first-order chi connectivity index (χ1) is 19.6. The molecule has 2 aromatic heterocycles. The third kappa shape index (κ3) is 3.29. The maximum Gasteiger partial charge on any atom is 0.167 e. The molecule has 4 heteroatoms. The van der Waals surface area contributed by atoms with Crippen LogP contribution < -0.4 is 0 Å². The zero-order valence-electron chi connectivity index (χ0n) is 22.2. The molecule has 0 unspecified atom stereocenters. The zero-order valence-corrected chi connectivity index (χ0v) is 22.2. The van der Waals surface area contributed by atoms with Crippen LogP contribution in [0.25, 0.3) is 67.2 Å². The maximum atomic E-state index is 6.64. The van der Waals surface area contributed by atoms with Crippen molar-refractivity contribution in [2.45, 2.75) is 19.3 Å². The van der Waals surface area contributed by atoms with Gasteiger partial charge >= 0.3 is 0 Å². The van der Waals surface area contributed by atoms with E-state index in [1.807, 2.05) is 66.7 Å². The van der Waals surface area contributed by atoms with E-state index in [1.54, 1.807) is 0 Å². The average molecular weight is 516 g/mol. The summed E-state index contributed by atoms with van der Waals surface area (Å²) in [5, 5.41) is 2.22. The Labute approximate surface area is 232 Å². The van der Waals surface area contributed by atoms with Crippen LogP contribution in [0.2, 0.25) is 0 Å². The highest BCUT2D eigenvalue weighted by Crippen LogP contribution is 2.53. The maximum absolute atomic E-state index is 6.64. The number of rotatable bonds is 3. The van der Waals surface area contributed by atoms with Crippen LogP contribution in [0, 0.1) is 0 Å². The second-order valence-corrected chi connectivity index (χ2v) is 10.9. The quantitative estimate of drug-likeness (QED) is 0.235. The van der Waals surface area contributed by atoms with E-state index in [-0.39, 0.29) is 5.41 Å². The van der Waals surface area contributed by atoms with Crippen molar-refractivity contribution in [3.8, 4) is 45.3 Å². The largest absolute Gasteiger partial charge is 0.455 e. The second kappa shape index (κ2) is 8.45. The van der Waals surface area contributed by atoms with Crippen LogP contribution in [0.3, 0.4) is 0 Å². The molecule has 2 heterocycles. The van der Waals surface area contributed by atoms with Crippen LogP contribution in [-0.4, -0.2) is 15.0 Å². The molecule has 7 aromatic rings. The minimum atomic E-state index is -0.0787. The standard InChI is InChI=1S/C36H25N3O/c1-36(2)27-19-10-9-16-24(27)30-28(36)20-21-29-31(30)25-17-11-18-26(32(25)40-29)35-38-33(22-12-5-3-6-13-22)37-34(39-35)23-14-7-4-8-15-23/h3-21H,1-2H3. The molecule has 40 heavy (non-hydrogen) atoms. The normalized spacial score (nSPS) is 13.4. The molecule has 190 valence electrons. The van der Waals surface area contributed by atoms with Crippen LogP contribution in [-0.2, 0) is 5.41 Å². The number of benzene rings is 5. The van der Waals surface area contributed by atoms with E-state index in [9.17, 15) is 0 Å². The summed E-state index contributed by atoms with van der Waals surface area (Å²) >= 11 is 0. The first kappa shape index (κ1) is 22.9. The molecule has 4 nitrogen and oxygen atoms in total. The summed E-state index contributed by atoms with van der Waals surface area (Å²) in [5.74, 6) is 1.86. The molecule has 0 saturated heterocycles. The van der Waals surface area contributed by atoms with Crippen LogP contribution in [0.5, 0.6) is 0 Å². The average Bonchev–Trinajstić information content (AvgIpc) is 3.50. The Bertz CT molecular complexity index is 2020. The van der Waals surface area contributed by atoms with Crippen molar-refractivity contribution in [1.82, 2.24) is 15.0 Å². The second-order valence-electron chi connectivity index (χ2n) is 10.9. The van der Waals surface area contributed by atoms with Crippen molar-refractivity contribution in [2.24, 2.45) is 0 Å². The van der Waals surface area contributed by atoms with Gasteiger partial charge in [-0.2, -0.15) is 0 Å². The van der Waals surface area contributed by atoms with Gasteiger partial charge in [-0.25, -0.2) is 15.0 Å². The first-order valence-corrected chi connectivity index (χ1v) is 13.6. The molecule has 0 spiro atoms. The van der Waals surface area contributed by atoms with Gasteiger partial charge in [0.05, 0.1) is 5.56 Å². The summed E-state index contributed by atoms with van der Waals surface area (Å²) in [6, 6.07) is 39.4. The number of hydrogen-bond acceptors (Lipinski definition) is 4. The van der Waals surface area contributed by atoms with Gasteiger partial charge in [-0.15, -0.1) is 0 Å². The molecular formula is C36H25N3O. The number of fused-ring (bicyclic) bond motifs is 7. The summed E-state index contributed by atoms with van der Waals surface area (Å²) < 4.78 is 6.64. The van der Waals surface area contributed by atoms with Crippen LogP contribution in [0.15, 0.2) is 120 Å². The molecule has 1 aliphatic carbocycles. The molecule has 0 radical (unpaired) electrons. The lowest BCUT2D eigenvalue weighted by molar-refractivity contribution is 0.657. The highest BCUT2D eigenvalue weighted by molar-refractivity contribution is 6.17. The predicted molar refractivity (Wildman–Crippen MR) is 161 cm³/mol. The Morgan fingerprint density at radius 2 is 1.12 bits per heavy atom. The highest BCUT2D eigenvalue weighted by atomic mass is 16.3. The van der Waals surface area contributed by atoms with E-state index in [4.69, 9.17) is 19.4 Å². The highest BCUT2D eigenvalue weighted by Gasteiger charge is 2.37. The van der Waals surface area contributed by atoms with Gasteiger partial charge in [0, 0.05) is 27.3 Å². The van der Waals surface area contributed by atoms with E-state index in [0.717, 1.165) is 38.6 Å². The van der Waals surface area contributed by atoms with E-state index < -0.39 is 0 Å². The minimum absolute atomic E-state index is 0.0787. The van der Waals surface area contributed by atoms with Crippen molar-refractivity contribution >= 4 is 21.9 Å². The summed E-state index contributed by atoms with van der Waals surface area (Å²) in [4.78, 5) is 14.8. The first-order valence-electron chi connectivity index (χ1n) is 13.6. The van der Waals surface area contributed by atoms with Gasteiger partial charge < -0.3 is 4.42 Å². The van der Waals surface area contributed by atoms with Gasteiger partial charge in [0.25, 0.3) is 0 Å². The molecule has 0 saturated carbocycles. The Kier molecular flexibility index (Phi) is 4.83. The van der Waals surface area contributed by atoms with E-state index in [2.05, 4.69) is 62.4 Å². The van der Waals surface area contributed by atoms with Crippen molar-refractivity contribution < 1.29 is 4.42 Å². The fourth-order valence-electron chi connectivity index (χ4n) is 6.19. The minimum Gasteiger partial charge on any atom is -0.455 e. The monoisotopic (exact) mass is 515 g/mol. The molecule has 0 N–H and O–H groups in total. The van der Waals surface area contributed by atoms with E-state index in [0.29, 0.717) is 17.5 Å². The van der Waals surface area contributed by atoms with Crippen LogP contribution in [0.1, 0.15) is 25.0 Å². The number of hydrogen-bond donors (Lipinski definition) is 0. The summed E-state index contributed by atoms with van der Waals surface area (Å²) in [5.41, 5.74) is 9.53. The number of aromatic nitrogens is 3. The van der Waals surface area contributed by atoms with Crippen LogP contribution in [0.4, 0.5) is 0 Å². The molecular weight excluding hydrogens is 490 g/mol. The third-order valence-corrected chi connectivity index (χ3v) is 8.15. The molecule has 0 bridgehead atoms. The Morgan fingerprint density at radius 1 is 0.525 bits per heavy atom. The Hall–Kier alpha value is -5.09. The van der Waals surface area contributed by atoms with Gasteiger partial charge in [0.1, 0.15) is 11.2 Å². The van der Waals surface area contributed by atoms with Crippen molar-refractivity contribution in [3.63, 3.8) is 0 Å². The smallest absolute Gasteiger partial charge is 0.167 e. The van der Waals surface area contributed by atoms with Crippen molar-refractivity contribution in [3.05, 3.63) is 126 Å². The topological polar surface area (TPSA) is 51.8 Å². The third-order valence-electron chi connectivity index (χ3n) is 8.15. The molecule has 5 aromatic carbocycles. The summed E-state index contributed by atoms with van der Waals surface area (Å²) in [6.07, 6.45) is 0. The van der Waals surface area contributed by atoms with Crippen LogP contribution >= 0.6 is 0 Å². The lowest BCUT2D eigenvalue weighted by Crippen LogP contribution is -2.14. The lowest BCUT2D eigenvalue weighted by atomic mass is 9.82. The SMILES string of the molecule is CC1(C)c2ccccc2-c2c1ccc1oc3c(-c4nc(-c5ccccc5)nc(-c5ccccc5)n4)cccc3c21. The zero-order chi connectivity index (χ0) is 26.8. The summed E-state index contributed by atoms with van der Waals surface area (Å²) in [7, 11) is 0. The number of furan rings is 1. The number of nitrogens with zero attached hydrogens (tertiary/aromatic N) is 3.